The van der Waals surface area contributed by atoms with Crippen LogP contribution in [0.15, 0.2) is 12.7 Å². The standard InChI is InChI=1S/C18H29NO7/c1-4-13(12-6-7-14(21)15(22)10-12)17(19-11(3)20)18(24)26-9-8-25-16(23)5-2/h5,12-15,17,21-22H,2,4,6-10H2,1,3H3,(H,19,20). The van der Waals surface area contributed by atoms with Gasteiger partial charge in [-0.1, -0.05) is 19.9 Å². The van der Waals surface area contributed by atoms with Crippen molar-refractivity contribution in [1.82, 2.24) is 5.32 Å². The van der Waals surface area contributed by atoms with Crippen LogP contribution < -0.4 is 5.32 Å². The quantitative estimate of drug-likeness (QED) is 0.303. The Labute approximate surface area is 153 Å². The fourth-order valence-corrected chi connectivity index (χ4v) is 3.39. The van der Waals surface area contributed by atoms with E-state index in [0.29, 0.717) is 25.7 Å². The van der Waals surface area contributed by atoms with E-state index in [1.165, 1.54) is 6.92 Å². The molecular weight excluding hydrogens is 342 g/mol. The first kappa shape index (κ1) is 22.1. The normalized spacial score (nSPS) is 24.8. The Balaban J connectivity index is 2.72. The number of hydrogen-bond donors (Lipinski definition) is 3. The zero-order valence-corrected chi connectivity index (χ0v) is 15.3. The van der Waals surface area contributed by atoms with Crippen LogP contribution in [0.1, 0.15) is 39.5 Å². The molecule has 0 aliphatic heterocycles. The maximum absolute atomic E-state index is 12.5. The number of amides is 1. The molecule has 1 fully saturated rings. The highest BCUT2D eigenvalue weighted by Gasteiger charge is 2.39. The summed E-state index contributed by atoms with van der Waals surface area (Å²) in [5.41, 5.74) is 0. The number of rotatable bonds is 9. The van der Waals surface area contributed by atoms with Gasteiger partial charge < -0.3 is 25.0 Å². The molecule has 0 aromatic carbocycles. The number of esters is 2. The third-order valence-electron chi connectivity index (χ3n) is 4.68. The van der Waals surface area contributed by atoms with Crippen LogP contribution in [0.4, 0.5) is 0 Å². The Kier molecular flexibility index (Phi) is 9.29. The summed E-state index contributed by atoms with van der Waals surface area (Å²) in [7, 11) is 0. The molecule has 5 unspecified atom stereocenters. The molecule has 8 heteroatoms. The van der Waals surface area contributed by atoms with Gasteiger partial charge in [0.15, 0.2) is 0 Å². The molecule has 3 N–H and O–H groups in total. The summed E-state index contributed by atoms with van der Waals surface area (Å²) >= 11 is 0. The third kappa shape index (κ3) is 6.76. The number of carbonyl (C=O) groups excluding carboxylic acids is 3. The van der Waals surface area contributed by atoms with Gasteiger partial charge in [0.05, 0.1) is 12.2 Å². The van der Waals surface area contributed by atoms with E-state index in [9.17, 15) is 24.6 Å². The lowest BCUT2D eigenvalue weighted by Gasteiger charge is -2.37. The molecule has 8 nitrogen and oxygen atoms in total. The monoisotopic (exact) mass is 371 g/mol. The molecule has 0 aromatic heterocycles. The van der Waals surface area contributed by atoms with E-state index in [-0.39, 0.29) is 31.0 Å². The summed E-state index contributed by atoms with van der Waals surface area (Å²) in [5, 5.41) is 22.3. The lowest BCUT2D eigenvalue weighted by Crippen LogP contribution is -2.50. The molecule has 1 saturated carbocycles. The molecule has 1 rings (SSSR count). The van der Waals surface area contributed by atoms with Crippen molar-refractivity contribution in [2.24, 2.45) is 11.8 Å². The molecule has 1 aliphatic rings. The molecule has 5 atom stereocenters. The number of hydrogen-bond acceptors (Lipinski definition) is 7. The fourth-order valence-electron chi connectivity index (χ4n) is 3.39. The van der Waals surface area contributed by atoms with Gasteiger partial charge in [-0.2, -0.15) is 0 Å². The molecule has 1 amide bonds. The maximum atomic E-state index is 12.5. The number of ether oxygens (including phenoxy) is 2. The molecule has 0 radical (unpaired) electrons. The Morgan fingerprint density at radius 2 is 1.85 bits per heavy atom. The number of carbonyl (C=O) groups is 3. The maximum Gasteiger partial charge on any atom is 0.330 e. The molecular formula is C18H29NO7. The SMILES string of the molecule is C=CC(=O)OCCOC(=O)C(NC(C)=O)C(CC)C1CCC(O)C(O)C1. The van der Waals surface area contributed by atoms with Crippen molar-refractivity contribution in [2.75, 3.05) is 13.2 Å². The Hall–Kier alpha value is -1.93. The minimum Gasteiger partial charge on any atom is -0.461 e. The minimum atomic E-state index is -0.861. The molecule has 0 heterocycles. The third-order valence-corrected chi connectivity index (χ3v) is 4.68. The number of nitrogens with one attached hydrogen (secondary N) is 1. The van der Waals surface area contributed by atoms with Crippen molar-refractivity contribution < 1.29 is 34.1 Å². The Morgan fingerprint density at radius 3 is 2.38 bits per heavy atom. The zero-order valence-electron chi connectivity index (χ0n) is 15.3. The van der Waals surface area contributed by atoms with Gasteiger partial charge in [0.1, 0.15) is 19.3 Å². The highest BCUT2D eigenvalue weighted by atomic mass is 16.6. The predicted molar refractivity (Wildman–Crippen MR) is 92.9 cm³/mol. The van der Waals surface area contributed by atoms with Crippen molar-refractivity contribution >= 4 is 17.8 Å². The Bertz CT molecular complexity index is 508. The summed E-state index contributed by atoms with van der Waals surface area (Å²) in [5.74, 6) is -1.84. The van der Waals surface area contributed by atoms with Crippen molar-refractivity contribution in [3.8, 4) is 0 Å². The second kappa shape index (κ2) is 10.9. The lowest BCUT2D eigenvalue weighted by atomic mass is 9.73. The van der Waals surface area contributed by atoms with Gasteiger partial charge in [0.2, 0.25) is 5.91 Å². The summed E-state index contributed by atoms with van der Waals surface area (Å²) in [6, 6.07) is -0.861. The van der Waals surface area contributed by atoms with E-state index in [2.05, 4.69) is 11.9 Å². The van der Waals surface area contributed by atoms with Crippen LogP contribution in [-0.2, 0) is 23.9 Å². The first-order chi connectivity index (χ1) is 12.3. The van der Waals surface area contributed by atoms with E-state index in [1.807, 2.05) is 6.92 Å². The van der Waals surface area contributed by atoms with E-state index in [0.717, 1.165) is 6.08 Å². The molecule has 0 aromatic rings. The summed E-state index contributed by atoms with van der Waals surface area (Å²) < 4.78 is 9.89. The van der Waals surface area contributed by atoms with Crippen LogP contribution in [0.3, 0.4) is 0 Å². The van der Waals surface area contributed by atoms with Gasteiger partial charge in [0.25, 0.3) is 0 Å². The largest absolute Gasteiger partial charge is 0.461 e. The second-order valence-corrected chi connectivity index (χ2v) is 6.50. The van der Waals surface area contributed by atoms with Gasteiger partial charge in [-0.15, -0.1) is 0 Å². The summed E-state index contributed by atoms with van der Waals surface area (Å²) in [6.45, 7) is 6.25. The highest BCUT2D eigenvalue weighted by molar-refractivity contribution is 5.83. The van der Waals surface area contributed by atoms with E-state index < -0.39 is 30.2 Å². The molecule has 0 saturated heterocycles. The molecule has 1 aliphatic carbocycles. The molecule has 0 bridgehead atoms. The van der Waals surface area contributed by atoms with Crippen LogP contribution in [0.5, 0.6) is 0 Å². The van der Waals surface area contributed by atoms with Crippen LogP contribution >= 0.6 is 0 Å². The van der Waals surface area contributed by atoms with Crippen LogP contribution in [0.2, 0.25) is 0 Å². The first-order valence-electron chi connectivity index (χ1n) is 8.89. The smallest absolute Gasteiger partial charge is 0.330 e. The van der Waals surface area contributed by atoms with Gasteiger partial charge in [0, 0.05) is 13.0 Å². The molecule has 148 valence electrons. The predicted octanol–water partition coefficient (Wildman–Crippen LogP) is 0.312. The van der Waals surface area contributed by atoms with E-state index in [1.54, 1.807) is 0 Å². The van der Waals surface area contributed by atoms with Gasteiger partial charge in [-0.25, -0.2) is 9.59 Å². The van der Waals surface area contributed by atoms with Crippen LogP contribution in [-0.4, -0.2) is 59.5 Å². The second-order valence-electron chi connectivity index (χ2n) is 6.50. The summed E-state index contributed by atoms with van der Waals surface area (Å²) in [4.78, 5) is 35.0. The van der Waals surface area contributed by atoms with E-state index in [4.69, 9.17) is 9.47 Å². The molecule has 0 spiro atoms. The van der Waals surface area contributed by atoms with Crippen molar-refractivity contribution in [1.29, 1.82) is 0 Å². The average molecular weight is 371 g/mol. The Morgan fingerprint density at radius 1 is 1.19 bits per heavy atom. The van der Waals surface area contributed by atoms with Gasteiger partial charge in [-0.05, 0) is 31.1 Å². The van der Waals surface area contributed by atoms with Crippen LogP contribution in [0, 0.1) is 11.8 Å². The van der Waals surface area contributed by atoms with Crippen LogP contribution in [0.25, 0.3) is 0 Å². The molecule has 26 heavy (non-hydrogen) atoms. The van der Waals surface area contributed by atoms with E-state index >= 15 is 0 Å². The minimum absolute atomic E-state index is 0.0265. The fraction of sp³-hybridized carbons (Fsp3) is 0.722. The van der Waals surface area contributed by atoms with Crippen molar-refractivity contribution in [2.45, 2.75) is 57.8 Å². The first-order valence-corrected chi connectivity index (χ1v) is 8.89. The summed E-state index contributed by atoms with van der Waals surface area (Å²) in [6.07, 6.45) is 1.47. The number of aliphatic hydroxyl groups excluding tert-OH is 2. The topological polar surface area (TPSA) is 122 Å². The zero-order chi connectivity index (χ0) is 19.7. The van der Waals surface area contributed by atoms with Gasteiger partial charge in [-0.3, -0.25) is 4.79 Å². The van der Waals surface area contributed by atoms with Crippen molar-refractivity contribution in [3.05, 3.63) is 12.7 Å². The lowest BCUT2D eigenvalue weighted by molar-refractivity contribution is -0.154. The van der Waals surface area contributed by atoms with Crippen molar-refractivity contribution in [3.63, 3.8) is 0 Å². The number of aliphatic hydroxyl groups is 2. The van der Waals surface area contributed by atoms with Gasteiger partial charge >= 0.3 is 11.9 Å². The highest BCUT2D eigenvalue weighted by Crippen LogP contribution is 2.34. The average Bonchev–Trinajstić information content (AvgIpc) is 2.60.